The lowest BCUT2D eigenvalue weighted by molar-refractivity contribution is 0.475. The van der Waals surface area contributed by atoms with Crippen LogP contribution in [0.1, 0.15) is 0 Å². The van der Waals surface area contributed by atoms with Crippen LogP contribution in [0.4, 0.5) is 0 Å². The van der Waals surface area contributed by atoms with E-state index in [0.29, 0.717) is 0 Å². The van der Waals surface area contributed by atoms with Gasteiger partial charge in [-0.15, -0.1) is 0 Å². The molecule has 0 spiro atoms. The lowest BCUT2D eigenvalue weighted by Crippen LogP contribution is -1.80. The molecule has 3 heteroatoms. The molecule has 4 aromatic carbocycles. The van der Waals surface area contributed by atoms with Gasteiger partial charge >= 0.3 is 0 Å². The molecule has 1 heterocycles. The smallest absolute Gasteiger partial charge is 0.143 e. The van der Waals surface area contributed by atoms with Crippen LogP contribution in [0.2, 0.25) is 0 Å². The summed E-state index contributed by atoms with van der Waals surface area (Å²) in [4.78, 5) is 0. The van der Waals surface area contributed by atoms with E-state index in [0.717, 1.165) is 43.8 Å². The third-order valence-corrected chi connectivity index (χ3v) is 4.66. The molecule has 0 saturated heterocycles. The summed E-state index contributed by atoms with van der Waals surface area (Å²) in [7, 11) is 0. The van der Waals surface area contributed by atoms with Crippen molar-refractivity contribution < 1.29 is 14.6 Å². The molecule has 0 fully saturated rings. The SMILES string of the molecule is Oc1ccc(-c2cc3c4cccc(O)c4c4ccccc4c3o2)cc1. The van der Waals surface area contributed by atoms with Crippen LogP contribution in [-0.4, -0.2) is 10.2 Å². The number of phenols is 2. The average Bonchev–Trinajstić information content (AvgIpc) is 3.08. The fourth-order valence-corrected chi connectivity index (χ4v) is 3.51. The van der Waals surface area contributed by atoms with Crippen LogP contribution in [0.15, 0.2) is 77.2 Å². The van der Waals surface area contributed by atoms with E-state index in [-0.39, 0.29) is 11.5 Å². The largest absolute Gasteiger partial charge is 0.508 e. The molecule has 1 aromatic heterocycles. The summed E-state index contributed by atoms with van der Waals surface area (Å²) >= 11 is 0. The topological polar surface area (TPSA) is 53.6 Å². The standard InChI is InChI=1S/C22H14O3/c23-14-10-8-13(9-11-14)20-12-18-16-6-3-7-19(24)21(16)15-4-1-2-5-17(15)22(18)25-20/h1-12,23-24H. The Morgan fingerprint density at radius 2 is 1.32 bits per heavy atom. The number of benzene rings is 4. The molecule has 25 heavy (non-hydrogen) atoms. The van der Waals surface area contributed by atoms with Crippen molar-refractivity contribution in [2.45, 2.75) is 0 Å². The number of hydrogen-bond acceptors (Lipinski definition) is 3. The summed E-state index contributed by atoms with van der Waals surface area (Å²) in [5.41, 5.74) is 1.70. The molecule has 0 aliphatic carbocycles. The van der Waals surface area contributed by atoms with Gasteiger partial charge in [0.1, 0.15) is 22.8 Å². The van der Waals surface area contributed by atoms with Crippen LogP contribution in [0.5, 0.6) is 11.5 Å². The van der Waals surface area contributed by atoms with E-state index in [1.165, 1.54) is 0 Å². The Morgan fingerprint density at radius 1 is 0.640 bits per heavy atom. The van der Waals surface area contributed by atoms with Gasteiger partial charge in [-0.1, -0.05) is 36.4 Å². The maximum atomic E-state index is 10.4. The van der Waals surface area contributed by atoms with Crippen molar-refractivity contribution in [2.75, 3.05) is 0 Å². The van der Waals surface area contributed by atoms with E-state index in [4.69, 9.17) is 4.42 Å². The number of furan rings is 1. The van der Waals surface area contributed by atoms with E-state index in [2.05, 4.69) is 0 Å². The summed E-state index contributed by atoms with van der Waals surface area (Å²) in [5.74, 6) is 1.22. The lowest BCUT2D eigenvalue weighted by atomic mass is 9.97. The normalized spacial score (nSPS) is 11.5. The minimum absolute atomic E-state index is 0.223. The highest BCUT2D eigenvalue weighted by molar-refractivity contribution is 6.25. The van der Waals surface area contributed by atoms with Crippen molar-refractivity contribution >= 4 is 32.5 Å². The average molecular weight is 326 g/mol. The van der Waals surface area contributed by atoms with Crippen molar-refractivity contribution in [1.82, 2.24) is 0 Å². The second-order valence-electron chi connectivity index (χ2n) is 6.15. The molecule has 0 amide bonds. The maximum absolute atomic E-state index is 10.4. The van der Waals surface area contributed by atoms with Crippen LogP contribution in [-0.2, 0) is 0 Å². The zero-order valence-electron chi connectivity index (χ0n) is 13.2. The summed E-state index contributed by atoms with van der Waals surface area (Å²) in [6, 6.07) is 22.4. The van der Waals surface area contributed by atoms with Gasteiger partial charge in [0, 0.05) is 21.7 Å². The van der Waals surface area contributed by atoms with Crippen LogP contribution in [0.3, 0.4) is 0 Å². The van der Waals surface area contributed by atoms with Crippen molar-refractivity contribution in [3.8, 4) is 22.8 Å². The van der Waals surface area contributed by atoms with E-state index in [9.17, 15) is 10.2 Å². The molecule has 5 rings (SSSR count). The third-order valence-electron chi connectivity index (χ3n) is 4.66. The first-order valence-corrected chi connectivity index (χ1v) is 8.08. The van der Waals surface area contributed by atoms with Crippen LogP contribution in [0.25, 0.3) is 43.8 Å². The summed E-state index contributed by atoms with van der Waals surface area (Å²) in [6.07, 6.45) is 0. The minimum atomic E-state index is 0.223. The van der Waals surface area contributed by atoms with Gasteiger partial charge in [-0.3, -0.25) is 0 Å². The zero-order valence-corrected chi connectivity index (χ0v) is 13.2. The molecule has 0 radical (unpaired) electrons. The molecule has 5 aromatic rings. The molecular weight excluding hydrogens is 312 g/mol. The Balaban J connectivity index is 1.95. The molecule has 0 atom stereocenters. The van der Waals surface area contributed by atoms with Crippen molar-refractivity contribution in [3.05, 3.63) is 72.8 Å². The highest BCUT2D eigenvalue weighted by Gasteiger charge is 2.16. The van der Waals surface area contributed by atoms with Gasteiger partial charge in [-0.2, -0.15) is 0 Å². The third kappa shape index (κ3) is 1.99. The molecule has 3 nitrogen and oxygen atoms in total. The number of phenolic OH excluding ortho intramolecular Hbond substituents is 2. The quantitative estimate of drug-likeness (QED) is 0.382. The Kier molecular flexibility index (Phi) is 2.80. The molecule has 0 aliphatic rings. The number of hydrogen-bond donors (Lipinski definition) is 2. The van der Waals surface area contributed by atoms with Gasteiger partial charge in [0.25, 0.3) is 0 Å². The molecule has 0 unspecified atom stereocenters. The van der Waals surface area contributed by atoms with Crippen molar-refractivity contribution in [3.63, 3.8) is 0 Å². The highest BCUT2D eigenvalue weighted by atomic mass is 16.3. The number of fused-ring (bicyclic) bond motifs is 6. The monoisotopic (exact) mass is 326 g/mol. The van der Waals surface area contributed by atoms with Gasteiger partial charge in [-0.25, -0.2) is 0 Å². The molecule has 120 valence electrons. The van der Waals surface area contributed by atoms with E-state index in [1.54, 1.807) is 18.2 Å². The first-order valence-electron chi connectivity index (χ1n) is 8.08. The first kappa shape index (κ1) is 13.9. The predicted molar refractivity (Wildman–Crippen MR) is 100.0 cm³/mol. The summed E-state index contributed by atoms with van der Waals surface area (Å²) in [6.45, 7) is 0. The fraction of sp³-hybridized carbons (Fsp3) is 0. The van der Waals surface area contributed by atoms with Gasteiger partial charge in [0.05, 0.1) is 0 Å². The Bertz CT molecular complexity index is 1250. The van der Waals surface area contributed by atoms with Gasteiger partial charge < -0.3 is 14.6 Å². The second-order valence-corrected chi connectivity index (χ2v) is 6.15. The molecule has 0 saturated carbocycles. The van der Waals surface area contributed by atoms with Gasteiger partial charge in [0.15, 0.2) is 0 Å². The summed E-state index contributed by atoms with van der Waals surface area (Å²) < 4.78 is 6.19. The highest BCUT2D eigenvalue weighted by Crippen LogP contribution is 2.42. The van der Waals surface area contributed by atoms with E-state index < -0.39 is 0 Å². The Labute approximate surface area is 143 Å². The van der Waals surface area contributed by atoms with Crippen LogP contribution < -0.4 is 0 Å². The van der Waals surface area contributed by atoms with Crippen LogP contribution in [0, 0.1) is 0 Å². The number of rotatable bonds is 1. The van der Waals surface area contributed by atoms with Crippen molar-refractivity contribution in [2.24, 2.45) is 0 Å². The van der Waals surface area contributed by atoms with Crippen LogP contribution >= 0.6 is 0 Å². The maximum Gasteiger partial charge on any atom is 0.143 e. The molecule has 2 N–H and O–H groups in total. The lowest BCUT2D eigenvalue weighted by Gasteiger charge is -2.07. The van der Waals surface area contributed by atoms with Gasteiger partial charge in [0.2, 0.25) is 0 Å². The molecule has 0 bridgehead atoms. The van der Waals surface area contributed by atoms with Crippen molar-refractivity contribution in [1.29, 1.82) is 0 Å². The molecule has 0 aliphatic heterocycles. The first-order chi connectivity index (χ1) is 12.2. The zero-order chi connectivity index (χ0) is 17.0. The predicted octanol–water partition coefficient (Wildman–Crippen LogP) is 5.82. The second kappa shape index (κ2) is 5.02. The van der Waals surface area contributed by atoms with E-state index >= 15 is 0 Å². The van der Waals surface area contributed by atoms with E-state index in [1.807, 2.05) is 54.6 Å². The van der Waals surface area contributed by atoms with Gasteiger partial charge in [-0.05, 0) is 47.2 Å². The Morgan fingerprint density at radius 3 is 2.12 bits per heavy atom. The Hall–Kier alpha value is -3.46. The summed E-state index contributed by atoms with van der Waals surface area (Å²) in [5, 5.41) is 24.6. The minimum Gasteiger partial charge on any atom is -0.508 e. The molecular formula is C22H14O3. The fourth-order valence-electron chi connectivity index (χ4n) is 3.51. The number of aromatic hydroxyl groups is 2.